The van der Waals surface area contributed by atoms with Crippen molar-refractivity contribution in [3.8, 4) is 0 Å². The van der Waals surface area contributed by atoms with E-state index < -0.39 is 22.0 Å². The quantitative estimate of drug-likeness (QED) is 0.806. The standard InChI is InChI=1S/C12H17NO6S/c14-12(15)7-11(9-1-4-18-5-2-9)13-20(16,17)10-3-6-19-8-10/h3,6,8-9,11,13H,1-2,4-5,7H2,(H,14,15). The van der Waals surface area contributed by atoms with E-state index in [4.69, 9.17) is 14.3 Å². The number of sulfonamides is 1. The van der Waals surface area contributed by atoms with Gasteiger partial charge in [0.25, 0.3) is 0 Å². The first kappa shape index (κ1) is 15.0. The molecule has 0 aromatic carbocycles. The van der Waals surface area contributed by atoms with Gasteiger partial charge in [0, 0.05) is 19.3 Å². The van der Waals surface area contributed by atoms with Gasteiger partial charge in [0.15, 0.2) is 0 Å². The minimum Gasteiger partial charge on any atom is -0.481 e. The van der Waals surface area contributed by atoms with Gasteiger partial charge in [-0.1, -0.05) is 0 Å². The van der Waals surface area contributed by atoms with Crippen molar-refractivity contribution in [2.45, 2.75) is 30.2 Å². The van der Waals surface area contributed by atoms with E-state index in [0.717, 1.165) is 6.26 Å². The first-order valence-electron chi connectivity index (χ1n) is 6.33. The molecule has 2 heterocycles. The van der Waals surface area contributed by atoms with Crippen LogP contribution >= 0.6 is 0 Å². The molecule has 0 radical (unpaired) electrons. The van der Waals surface area contributed by atoms with E-state index in [9.17, 15) is 13.2 Å². The number of hydrogen-bond donors (Lipinski definition) is 2. The lowest BCUT2D eigenvalue weighted by atomic mass is 9.90. The van der Waals surface area contributed by atoms with E-state index in [1.165, 1.54) is 12.3 Å². The van der Waals surface area contributed by atoms with E-state index in [1.54, 1.807) is 0 Å². The second-order valence-electron chi connectivity index (χ2n) is 4.73. The van der Waals surface area contributed by atoms with Crippen molar-refractivity contribution in [3.05, 3.63) is 18.6 Å². The van der Waals surface area contributed by atoms with Crippen LogP contribution in [0.4, 0.5) is 0 Å². The van der Waals surface area contributed by atoms with Gasteiger partial charge in [0.05, 0.1) is 12.7 Å². The van der Waals surface area contributed by atoms with E-state index in [0.29, 0.717) is 26.1 Å². The maximum Gasteiger partial charge on any atom is 0.304 e. The van der Waals surface area contributed by atoms with E-state index in [2.05, 4.69) is 4.72 Å². The van der Waals surface area contributed by atoms with Crippen LogP contribution in [0, 0.1) is 5.92 Å². The van der Waals surface area contributed by atoms with E-state index >= 15 is 0 Å². The molecule has 0 spiro atoms. The molecule has 1 aromatic heterocycles. The summed E-state index contributed by atoms with van der Waals surface area (Å²) in [4.78, 5) is 10.9. The topological polar surface area (TPSA) is 106 Å². The van der Waals surface area contributed by atoms with Crippen LogP contribution in [0.3, 0.4) is 0 Å². The number of carboxylic acid groups (broad SMARTS) is 1. The van der Waals surface area contributed by atoms with Crippen LogP contribution in [-0.2, 0) is 19.6 Å². The van der Waals surface area contributed by atoms with Crippen LogP contribution in [0.25, 0.3) is 0 Å². The number of ether oxygens (including phenoxy) is 1. The monoisotopic (exact) mass is 303 g/mol. The molecule has 0 saturated carbocycles. The Labute approximate surface area is 117 Å². The van der Waals surface area contributed by atoms with Crippen LogP contribution in [0.2, 0.25) is 0 Å². The van der Waals surface area contributed by atoms with Gasteiger partial charge in [0.1, 0.15) is 11.2 Å². The number of rotatable bonds is 6. The Bertz CT molecular complexity index is 532. The first-order valence-corrected chi connectivity index (χ1v) is 7.81. The van der Waals surface area contributed by atoms with Crippen molar-refractivity contribution < 1.29 is 27.5 Å². The lowest BCUT2D eigenvalue weighted by molar-refractivity contribution is -0.138. The highest BCUT2D eigenvalue weighted by atomic mass is 32.2. The fourth-order valence-corrected chi connectivity index (χ4v) is 3.51. The van der Waals surface area contributed by atoms with Gasteiger partial charge in [-0.05, 0) is 24.8 Å². The van der Waals surface area contributed by atoms with Gasteiger partial charge in [-0.25, -0.2) is 13.1 Å². The lowest BCUT2D eigenvalue weighted by Crippen LogP contribution is -2.43. The number of nitrogens with one attached hydrogen (secondary N) is 1. The van der Waals surface area contributed by atoms with E-state index in [-0.39, 0.29) is 17.2 Å². The fraction of sp³-hybridized carbons (Fsp3) is 0.583. The molecule has 0 bridgehead atoms. The minimum absolute atomic E-state index is 0.0000479. The van der Waals surface area contributed by atoms with Crippen LogP contribution in [0.5, 0.6) is 0 Å². The van der Waals surface area contributed by atoms with Crippen molar-refractivity contribution in [2.24, 2.45) is 5.92 Å². The SMILES string of the molecule is O=C(O)CC(NS(=O)(=O)c1ccoc1)C1CCOCC1. The molecule has 1 atom stereocenters. The normalized spacial score (nSPS) is 18.8. The van der Waals surface area contributed by atoms with Gasteiger partial charge >= 0.3 is 5.97 Å². The highest BCUT2D eigenvalue weighted by Crippen LogP contribution is 2.23. The summed E-state index contributed by atoms with van der Waals surface area (Å²) >= 11 is 0. The molecule has 1 aliphatic rings. The highest BCUT2D eigenvalue weighted by Gasteiger charge is 2.30. The predicted octanol–water partition coefficient (Wildman–Crippen LogP) is 0.828. The van der Waals surface area contributed by atoms with Crippen LogP contribution in [0.15, 0.2) is 27.9 Å². The summed E-state index contributed by atoms with van der Waals surface area (Å²) in [6, 6.07) is 0.681. The van der Waals surface area contributed by atoms with E-state index in [1.807, 2.05) is 0 Å². The van der Waals surface area contributed by atoms with Crippen molar-refractivity contribution in [2.75, 3.05) is 13.2 Å². The summed E-state index contributed by atoms with van der Waals surface area (Å²) in [6.07, 6.45) is 3.42. The highest BCUT2D eigenvalue weighted by molar-refractivity contribution is 7.89. The number of carboxylic acids is 1. The zero-order chi connectivity index (χ0) is 14.6. The number of aliphatic carboxylic acids is 1. The van der Waals surface area contributed by atoms with Gasteiger partial charge in [-0.2, -0.15) is 0 Å². The molecule has 112 valence electrons. The Morgan fingerprint density at radius 3 is 2.70 bits per heavy atom. The second kappa shape index (κ2) is 6.38. The van der Waals surface area contributed by atoms with Gasteiger partial charge in [-0.3, -0.25) is 4.79 Å². The smallest absolute Gasteiger partial charge is 0.304 e. The summed E-state index contributed by atoms with van der Waals surface area (Å²) in [5.74, 6) is -1.07. The Morgan fingerprint density at radius 1 is 1.45 bits per heavy atom. The molecular formula is C12H17NO6S. The van der Waals surface area contributed by atoms with Crippen molar-refractivity contribution in [1.82, 2.24) is 4.72 Å². The van der Waals surface area contributed by atoms with Gasteiger partial charge < -0.3 is 14.3 Å². The maximum absolute atomic E-state index is 12.1. The van der Waals surface area contributed by atoms with Crippen LogP contribution in [-0.4, -0.2) is 38.7 Å². The zero-order valence-electron chi connectivity index (χ0n) is 10.8. The fourth-order valence-electron chi connectivity index (χ4n) is 2.28. The Morgan fingerprint density at radius 2 is 2.15 bits per heavy atom. The molecule has 1 saturated heterocycles. The lowest BCUT2D eigenvalue weighted by Gasteiger charge is -2.29. The average Bonchev–Trinajstić information content (AvgIpc) is 2.93. The van der Waals surface area contributed by atoms with Crippen molar-refractivity contribution in [1.29, 1.82) is 0 Å². The number of furan rings is 1. The molecule has 2 rings (SSSR count). The first-order chi connectivity index (χ1) is 9.49. The second-order valence-corrected chi connectivity index (χ2v) is 6.45. The summed E-state index contributed by atoms with van der Waals surface area (Å²) in [5, 5.41) is 8.96. The largest absolute Gasteiger partial charge is 0.481 e. The molecular weight excluding hydrogens is 286 g/mol. The van der Waals surface area contributed by atoms with Crippen LogP contribution in [0.1, 0.15) is 19.3 Å². The summed E-state index contributed by atoms with van der Waals surface area (Å²) in [7, 11) is -3.76. The van der Waals surface area contributed by atoms with Crippen molar-refractivity contribution in [3.63, 3.8) is 0 Å². The molecule has 1 aliphatic heterocycles. The Hall–Kier alpha value is -1.38. The average molecular weight is 303 g/mol. The molecule has 2 N–H and O–H groups in total. The third kappa shape index (κ3) is 3.81. The third-order valence-corrected chi connectivity index (χ3v) is 4.81. The maximum atomic E-state index is 12.1. The molecule has 0 amide bonds. The molecule has 1 unspecified atom stereocenters. The molecule has 8 heteroatoms. The van der Waals surface area contributed by atoms with Gasteiger partial charge in [-0.15, -0.1) is 0 Å². The Balaban J connectivity index is 2.12. The molecule has 1 fully saturated rings. The predicted molar refractivity (Wildman–Crippen MR) is 68.6 cm³/mol. The molecule has 20 heavy (non-hydrogen) atoms. The van der Waals surface area contributed by atoms with Crippen molar-refractivity contribution >= 4 is 16.0 Å². The summed E-state index contributed by atoms with van der Waals surface area (Å²) in [5.41, 5.74) is 0. The summed E-state index contributed by atoms with van der Waals surface area (Å²) in [6.45, 7) is 1.04. The zero-order valence-corrected chi connectivity index (χ0v) is 11.6. The number of hydrogen-bond acceptors (Lipinski definition) is 5. The number of carbonyl (C=O) groups is 1. The van der Waals surface area contributed by atoms with Gasteiger partial charge in [0.2, 0.25) is 10.0 Å². The molecule has 0 aliphatic carbocycles. The third-order valence-electron chi connectivity index (χ3n) is 3.34. The summed E-state index contributed by atoms with van der Waals surface area (Å²) < 4.78 is 36.7. The minimum atomic E-state index is -3.76. The Kier molecular flexibility index (Phi) is 4.79. The molecule has 7 nitrogen and oxygen atoms in total. The van der Waals surface area contributed by atoms with Crippen LogP contribution < -0.4 is 4.72 Å². The molecule has 1 aromatic rings.